The first-order valence-corrected chi connectivity index (χ1v) is 14.3. The van der Waals surface area contributed by atoms with E-state index in [2.05, 4.69) is 10.3 Å². The van der Waals surface area contributed by atoms with Gasteiger partial charge in [0.2, 0.25) is 5.78 Å². The monoisotopic (exact) mass is 556 g/mol. The van der Waals surface area contributed by atoms with Gasteiger partial charge < -0.3 is 15.2 Å². The minimum Gasteiger partial charge on any atom is -0.444 e. The van der Waals surface area contributed by atoms with Gasteiger partial charge in [-0.25, -0.2) is 9.78 Å². The van der Waals surface area contributed by atoms with Crippen molar-refractivity contribution in [1.29, 1.82) is 0 Å². The molecule has 0 aliphatic carbocycles. The van der Waals surface area contributed by atoms with Crippen LogP contribution < -0.4 is 5.32 Å². The van der Waals surface area contributed by atoms with Crippen molar-refractivity contribution < 1.29 is 19.4 Å². The van der Waals surface area contributed by atoms with Crippen LogP contribution in [0.5, 0.6) is 0 Å². The van der Waals surface area contributed by atoms with Crippen LogP contribution in [0.15, 0.2) is 97.2 Å². The summed E-state index contributed by atoms with van der Waals surface area (Å²) in [6.07, 6.45) is 1.58. The molecular weight excluding hydrogens is 520 g/mol. The summed E-state index contributed by atoms with van der Waals surface area (Å²) in [6.45, 7) is 5.42. The lowest BCUT2D eigenvalue weighted by Gasteiger charge is -2.29. The predicted octanol–water partition coefficient (Wildman–Crippen LogP) is 6.59. The highest BCUT2D eigenvalue weighted by Crippen LogP contribution is 2.31. The molecule has 6 nitrogen and oxygen atoms in total. The Labute approximate surface area is 240 Å². The summed E-state index contributed by atoms with van der Waals surface area (Å²) < 4.78 is 5.50. The maximum Gasteiger partial charge on any atom is 0.407 e. The Morgan fingerprint density at radius 2 is 1.43 bits per heavy atom. The van der Waals surface area contributed by atoms with Gasteiger partial charge in [0.25, 0.3) is 0 Å². The van der Waals surface area contributed by atoms with Gasteiger partial charge in [-0.15, -0.1) is 11.3 Å². The Morgan fingerprint density at radius 1 is 0.875 bits per heavy atom. The average Bonchev–Trinajstić information content (AvgIpc) is 3.43. The van der Waals surface area contributed by atoms with Crippen LogP contribution in [-0.2, 0) is 17.6 Å². The zero-order chi connectivity index (χ0) is 28.5. The third kappa shape index (κ3) is 8.60. The summed E-state index contributed by atoms with van der Waals surface area (Å²) in [5.41, 5.74) is 2.05. The van der Waals surface area contributed by atoms with Gasteiger partial charge in [0.15, 0.2) is 0 Å². The van der Waals surface area contributed by atoms with Gasteiger partial charge in [0.1, 0.15) is 5.60 Å². The molecule has 0 aliphatic heterocycles. The van der Waals surface area contributed by atoms with E-state index in [0.717, 1.165) is 16.1 Å². The highest BCUT2D eigenvalue weighted by molar-refractivity contribution is 7.13. The molecule has 1 heterocycles. The Morgan fingerprint density at radius 3 is 2.00 bits per heavy atom. The molecule has 0 fully saturated rings. The number of alkyl carbamates (subject to hydrolysis) is 1. The number of aromatic nitrogens is 1. The van der Waals surface area contributed by atoms with Gasteiger partial charge in [0.05, 0.1) is 22.0 Å². The molecule has 0 saturated carbocycles. The number of benzene rings is 3. The van der Waals surface area contributed by atoms with E-state index in [1.54, 1.807) is 18.3 Å². The Balaban J connectivity index is 1.58. The van der Waals surface area contributed by atoms with E-state index < -0.39 is 23.8 Å². The van der Waals surface area contributed by atoms with Crippen LogP contribution in [0.4, 0.5) is 4.79 Å². The van der Waals surface area contributed by atoms with E-state index in [-0.39, 0.29) is 11.7 Å². The molecule has 4 aromatic rings. The fraction of sp³-hybridized carbons (Fsp3) is 0.303. The molecule has 3 aromatic carbocycles. The first-order valence-electron chi connectivity index (χ1n) is 13.5. The zero-order valence-electron chi connectivity index (χ0n) is 23.1. The largest absolute Gasteiger partial charge is 0.444 e. The lowest BCUT2D eigenvalue weighted by atomic mass is 9.89. The van der Waals surface area contributed by atoms with Crippen LogP contribution in [0.2, 0.25) is 0 Å². The molecule has 2 N–H and O–H groups in total. The maximum absolute atomic E-state index is 13.1. The van der Waals surface area contributed by atoms with Crippen molar-refractivity contribution in [3.05, 3.63) is 124 Å². The van der Waals surface area contributed by atoms with Crippen molar-refractivity contribution in [2.24, 2.45) is 0 Å². The van der Waals surface area contributed by atoms with Crippen molar-refractivity contribution in [2.75, 3.05) is 0 Å². The number of amides is 1. The van der Waals surface area contributed by atoms with Crippen molar-refractivity contribution in [3.63, 3.8) is 0 Å². The van der Waals surface area contributed by atoms with E-state index in [0.29, 0.717) is 29.7 Å². The number of nitrogens with zero attached hydrogens (tertiary/aromatic N) is 1. The normalized spacial score (nSPS) is 13.7. The molecule has 3 atom stereocenters. The first-order chi connectivity index (χ1) is 19.2. The van der Waals surface area contributed by atoms with Crippen LogP contribution in [0.25, 0.3) is 0 Å². The summed E-state index contributed by atoms with van der Waals surface area (Å²) in [4.78, 5) is 31.0. The fourth-order valence-corrected chi connectivity index (χ4v) is 5.54. The highest BCUT2D eigenvalue weighted by atomic mass is 32.1. The quantitative estimate of drug-likeness (QED) is 0.204. The summed E-state index contributed by atoms with van der Waals surface area (Å²) >= 11 is 1.36. The third-order valence-electron chi connectivity index (χ3n) is 6.45. The SMILES string of the molecule is CC(C)(C)OC(=O)N[C@@H](Cc1ccccc1)[C@@H](O)CC(Cc1ccccc1)c1ncc(C(=O)c2ccccc2)s1. The smallest absolute Gasteiger partial charge is 0.407 e. The first kappa shape index (κ1) is 29.2. The lowest BCUT2D eigenvalue weighted by molar-refractivity contribution is 0.0405. The number of aliphatic hydroxyl groups excluding tert-OH is 1. The number of hydrogen-bond acceptors (Lipinski definition) is 6. The third-order valence-corrected chi connectivity index (χ3v) is 7.61. The van der Waals surface area contributed by atoms with Crippen molar-refractivity contribution in [3.8, 4) is 0 Å². The molecule has 1 amide bonds. The molecular formula is C33H36N2O4S. The number of carbonyl (C=O) groups excluding carboxylic acids is 2. The van der Waals surface area contributed by atoms with Crippen LogP contribution in [0.1, 0.15) is 64.5 Å². The minimum absolute atomic E-state index is 0.0723. The number of rotatable bonds is 11. The Bertz CT molecular complexity index is 1370. The number of carbonyl (C=O) groups is 2. The average molecular weight is 557 g/mol. The van der Waals surface area contributed by atoms with Crippen molar-refractivity contribution in [1.82, 2.24) is 10.3 Å². The second-order valence-corrected chi connectivity index (χ2v) is 12.0. The van der Waals surface area contributed by atoms with Gasteiger partial charge in [-0.1, -0.05) is 91.0 Å². The molecule has 4 rings (SSSR count). The second-order valence-electron chi connectivity index (χ2n) is 10.9. The predicted molar refractivity (Wildman–Crippen MR) is 159 cm³/mol. The topological polar surface area (TPSA) is 88.5 Å². The number of thiazole rings is 1. The van der Waals surface area contributed by atoms with Crippen LogP contribution in [0.3, 0.4) is 0 Å². The molecule has 7 heteroatoms. The maximum atomic E-state index is 13.1. The standard InChI is InChI=1S/C33H36N2O4S/c1-33(2,3)39-32(38)35-27(20-24-15-9-5-10-16-24)28(36)21-26(19-23-13-7-4-8-14-23)31-34-22-29(40-31)30(37)25-17-11-6-12-18-25/h4-18,22,26-28,36H,19-21H2,1-3H3,(H,35,38)/t26?,27-,28-/m0/s1. The molecule has 0 spiro atoms. The molecule has 40 heavy (non-hydrogen) atoms. The van der Waals surface area contributed by atoms with Crippen LogP contribution in [-0.4, -0.2) is 39.7 Å². The number of ketones is 1. The van der Waals surface area contributed by atoms with E-state index in [4.69, 9.17) is 4.74 Å². The molecule has 0 bridgehead atoms. The van der Waals surface area contributed by atoms with Gasteiger partial charge in [-0.2, -0.15) is 0 Å². The fourth-order valence-electron chi connectivity index (χ4n) is 4.55. The molecule has 0 radical (unpaired) electrons. The molecule has 0 saturated heterocycles. The highest BCUT2D eigenvalue weighted by Gasteiger charge is 2.29. The van der Waals surface area contributed by atoms with E-state index in [1.807, 2.05) is 99.6 Å². The van der Waals surface area contributed by atoms with Crippen molar-refractivity contribution >= 4 is 23.2 Å². The minimum atomic E-state index is -0.890. The molecule has 208 valence electrons. The lowest BCUT2D eigenvalue weighted by Crippen LogP contribution is -2.47. The van der Waals surface area contributed by atoms with Crippen LogP contribution in [0, 0.1) is 0 Å². The number of hydrogen-bond donors (Lipinski definition) is 2. The van der Waals surface area contributed by atoms with E-state index in [9.17, 15) is 14.7 Å². The Hall–Kier alpha value is -3.81. The summed E-state index contributed by atoms with van der Waals surface area (Å²) in [5.74, 6) is -0.240. The summed E-state index contributed by atoms with van der Waals surface area (Å²) in [6, 6.07) is 28.3. The van der Waals surface area contributed by atoms with Crippen LogP contribution >= 0.6 is 11.3 Å². The molecule has 1 unspecified atom stereocenters. The summed E-state index contributed by atoms with van der Waals surface area (Å²) in [5, 5.41) is 15.2. The number of ether oxygens (including phenoxy) is 1. The van der Waals surface area contributed by atoms with Gasteiger partial charge in [-0.05, 0) is 51.2 Å². The van der Waals surface area contributed by atoms with Gasteiger partial charge in [0, 0.05) is 17.7 Å². The molecule has 0 aliphatic rings. The zero-order valence-corrected chi connectivity index (χ0v) is 23.9. The summed E-state index contributed by atoms with van der Waals surface area (Å²) in [7, 11) is 0. The Kier molecular flexibility index (Phi) is 9.85. The number of nitrogens with one attached hydrogen (secondary N) is 1. The van der Waals surface area contributed by atoms with Crippen molar-refractivity contribution in [2.45, 2.75) is 63.7 Å². The van der Waals surface area contributed by atoms with E-state index in [1.165, 1.54) is 11.3 Å². The van der Waals surface area contributed by atoms with E-state index >= 15 is 0 Å². The molecule has 1 aromatic heterocycles. The van der Waals surface area contributed by atoms with Gasteiger partial charge in [-0.3, -0.25) is 4.79 Å². The number of aliphatic hydroxyl groups is 1. The van der Waals surface area contributed by atoms with Gasteiger partial charge >= 0.3 is 6.09 Å². The second kappa shape index (κ2) is 13.5.